The topological polar surface area (TPSA) is 82.2 Å². The van der Waals surface area contributed by atoms with Gasteiger partial charge in [-0.05, 0) is 77.1 Å². The molecule has 1 aliphatic carbocycles. The number of hydrogen-bond acceptors (Lipinski definition) is 5. The normalized spacial score (nSPS) is 23.1. The number of anilines is 1. The molecular weight excluding hydrogens is 504 g/mol. The maximum absolute atomic E-state index is 13.1. The molecule has 3 amide bonds. The summed E-state index contributed by atoms with van der Waals surface area (Å²) in [6.07, 6.45) is 4.61. The van der Waals surface area contributed by atoms with Crippen LogP contribution in [0, 0.1) is 18.8 Å². The second kappa shape index (κ2) is 11.8. The second-order valence-corrected chi connectivity index (χ2v) is 12.7. The van der Waals surface area contributed by atoms with Crippen molar-refractivity contribution in [3.63, 3.8) is 0 Å². The van der Waals surface area contributed by atoms with Crippen LogP contribution in [-0.4, -0.2) is 77.0 Å². The zero-order valence-electron chi connectivity index (χ0n) is 23.5. The smallest absolute Gasteiger partial charge is 0.410 e. The lowest BCUT2D eigenvalue weighted by Crippen LogP contribution is -2.54. The molecule has 2 aliphatic heterocycles. The van der Waals surface area contributed by atoms with Crippen molar-refractivity contribution >= 4 is 35.2 Å². The SMILES string of the molecule is Cc1c(CN2CCN(C(=O)C3CCCC3)C(C)C2)cc(Cl)cc1NC(=O)C1CCN(C(=O)OC(C)(C)C)C1. The van der Waals surface area contributed by atoms with E-state index in [1.165, 1.54) is 12.8 Å². The van der Waals surface area contributed by atoms with Crippen LogP contribution in [0.5, 0.6) is 0 Å². The van der Waals surface area contributed by atoms with E-state index in [1.54, 1.807) is 11.0 Å². The van der Waals surface area contributed by atoms with Gasteiger partial charge in [-0.2, -0.15) is 0 Å². The Morgan fingerprint density at radius 1 is 1.03 bits per heavy atom. The predicted molar refractivity (Wildman–Crippen MR) is 149 cm³/mol. The van der Waals surface area contributed by atoms with E-state index >= 15 is 0 Å². The molecule has 2 unspecified atom stereocenters. The molecule has 1 saturated carbocycles. The number of amides is 3. The number of piperazine rings is 1. The molecule has 4 rings (SSSR count). The summed E-state index contributed by atoms with van der Waals surface area (Å²) in [5.74, 6) is 0.132. The van der Waals surface area contributed by atoms with Crippen molar-refractivity contribution in [2.45, 2.75) is 84.9 Å². The van der Waals surface area contributed by atoms with Gasteiger partial charge in [0.2, 0.25) is 11.8 Å². The van der Waals surface area contributed by atoms with E-state index in [9.17, 15) is 14.4 Å². The average molecular weight is 547 g/mol. The van der Waals surface area contributed by atoms with Gasteiger partial charge in [0.05, 0.1) is 5.92 Å². The first kappa shape index (κ1) is 28.7. The molecule has 2 saturated heterocycles. The Bertz CT molecular complexity index is 1050. The van der Waals surface area contributed by atoms with Gasteiger partial charge in [-0.1, -0.05) is 24.4 Å². The molecule has 2 heterocycles. The molecule has 0 aromatic heterocycles. The Labute approximate surface area is 232 Å². The van der Waals surface area contributed by atoms with Crippen LogP contribution in [0.15, 0.2) is 12.1 Å². The van der Waals surface area contributed by atoms with Crippen LogP contribution < -0.4 is 5.32 Å². The average Bonchev–Trinajstić information content (AvgIpc) is 3.53. The van der Waals surface area contributed by atoms with E-state index < -0.39 is 5.60 Å². The number of hydrogen-bond donors (Lipinski definition) is 1. The van der Waals surface area contributed by atoms with Gasteiger partial charge in [-0.25, -0.2) is 4.79 Å². The summed E-state index contributed by atoms with van der Waals surface area (Å²) >= 11 is 6.48. The third-order valence-electron chi connectivity index (χ3n) is 8.04. The van der Waals surface area contributed by atoms with E-state index in [1.807, 2.05) is 33.8 Å². The van der Waals surface area contributed by atoms with Crippen molar-refractivity contribution in [1.29, 1.82) is 0 Å². The summed E-state index contributed by atoms with van der Waals surface area (Å²) in [6, 6.07) is 3.93. The minimum Gasteiger partial charge on any atom is -0.444 e. The van der Waals surface area contributed by atoms with E-state index in [0.717, 1.165) is 43.6 Å². The summed E-state index contributed by atoms with van der Waals surface area (Å²) in [4.78, 5) is 44.5. The molecule has 3 aliphatic rings. The minimum absolute atomic E-state index is 0.111. The van der Waals surface area contributed by atoms with Crippen LogP contribution in [0.2, 0.25) is 5.02 Å². The molecule has 1 N–H and O–H groups in total. The highest BCUT2D eigenvalue weighted by Gasteiger charge is 2.35. The molecule has 0 spiro atoms. The van der Waals surface area contributed by atoms with Crippen LogP contribution >= 0.6 is 11.6 Å². The first-order valence-corrected chi connectivity index (χ1v) is 14.4. The van der Waals surface area contributed by atoms with Gasteiger partial charge < -0.3 is 19.9 Å². The standard InChI is InChI=1S/C29H43ClN4O4/c1-19-16-32(12-13-34(19)27(36)21-8-6-7-9-21)17-23-14-24(30)15-25(20(23)2)31-26(35)22-10-11-33(18-22)28(37)38-29(3,4)5/h14-15,19,21-22H,6-13,16-18H2,1-5H3,(H,31,35). The lowest BCUT2D eigenvalue weighted by atomic mass is 10.0. The largest absolute Gasteiger partial charge is 0.444 e. The Morgan fingerprint density at radius 2 is 1.74 bits per heavy atom. The zero-order chi connectivity index (χ0) is 27.6. The van der Waals surface area contributed by atoms with Crippen LogP contribution in [0.25, 0.3) is 0 Å². The molecule has 8 nitrogen and oxygen atoms in total. The van der Waals surface area contributed by atoms with Crippen LogP contribution in [0.3, 0.4) is 0 Å². The van der Waals surface area contributed by atoms with Crippen molar-refractivity contribution in [1.82, 2.24) is 14.7 Å². The van der Waals surface area contributed by atoms with Gasteiger partial charge in [0, 0.05) is 61.9 Å². The third kappa shape index (κ3) is 7.00. The van der Waals surface area contributed by atoms with E-state index in [4.69, 9.17) is 16.3 Å². The number of halogens is 1. The maximum Gasteiger partial charge on any atom is 0.410 e. The summed E-state index contributed by atoms with van der Waals surface area (Å²) in [5, 5.41) is 3.64. The van der Waals surface area contributed by atoms with Crippen molar-refractivity contribution in [3.05, 3.63) is 28.3 Å². The number of likely N-dealkylation sites (tertiary alicyclic amines) is 1. The molecule has 3 fully saturated rings. The lowest BCUT2D eigenvalue weighted by Gasteiger charge is -2.41. The number of rotatable bonds is 5. The highest BCUT2D eigenvalue weighted by atomic mass is 35.5. The number of carbonyl (C=O) groups excluding carboxylic acids is 3. The van der Waals surface area contributed by atoms with E-state index in [0.29, 0.717) is 42.7 Å². The monoisotopic (exact) mass is 546 g/mol. The van der Waals surface area contributed by atoms with Gasteiger partial charge in [0.1, 0.15) is 5.60 Å². The number of nitrogens with one attached hydrogen (secondary N) is 1. The van der Waals surface area contributed by atoms with Gasteiger partial charge >= 0.3 is 6.09 Å². The van der Waals surface area contributed by atoms with E-state index in [-0.39, 0.29) is 29.9 Å². The predicted octanol–water partition coefficient (Wildman–Crippen LogP) is 5.07. The number of ether oxygens (including phenoxy) is 1. The quantitative estimate of drug-likeness (QED) is 0.558. The van der Waals surface area contributed by atoms with Gasteiger partial charge in [0.15, 0.2) is 0 Å². The lowest BCUT2D eigenvalue weighted by molar-refractivity contribution is -0.140. The summed E-state index contributed by atoms with van der Waals surface area (Å²) in [7, 11) is 0. The Morgan fingerprint density at radius 3 is 2.39 bits per heavy atom. The fraction of sp³-hybridized carbons (Fsp3) is 0.690. The minimum atomic E-state index is -0.568. The molecule has 210 valence electrons. The van der Waals surface area contributed by atoms with Crippen molar-refractivity contribution in [3.8, 4) is 0 Å². The zero-order valence-corrected chi connectivity index (χ0v) is 24.3. The molecule has 38 heavy (non-hydrogen) atoms. The number of benzene rings is 1. The van der Waals surface area contributed by atoms with Crippen molar-refractivity contribution in [2.24, 2.45) is 11.8 Å². The molecule has 1 aromatic carbocycles. The molecular formula is C29H43ClN4O4. The van der Waals surface area contributed by atoms with Gasteiger partial charge in [-0.15, -0.1) is 0 Å². The molecule has 9 heteroatoms. The van der Waals surface area contributed by atoms with Gasteiger partial charge in [0.25, 0.3) is 0 Å². The van der Waals surface area contributed by atoms with E-state index in [2.05, 4.69) is 22.0 Å². The molecule has 0 radical (unpaired) electrons. The summed E-state index contributed by atoms with van der Waals surface area (Å²) < 4.78 is 5.46. The number of carbonyl (C=O) groups is 3. The van der Waals surface area contributed by atoms with Crippen molar-refractivity contribution in [2.75, 3.05) is 38.0 Å². The Balaban J connectivity index is 1.35. The first-order valence-electron chi connectivity index (χ1n) is 14.0. The third-order valence-corrected chi connectivity index (χ3v) is 8.26. The Kier molecular flexibility index (Phi) is 8.92. The highest BCUT2D eigenvalue weighted by Crippen LogP contribution is 2.30. The Hall–Kier alpha value is -2.32. The second-order valence-electron chi connectivity index (χ2n) is 12.2. The fourth-order valence-electron chi connectivity index (χ4n) is 5.88. The first-order chi connectivity index (χ1) is 17.9. The molecule has 2 atom stereocenters. The summed E-state index contributed by atoms with van der Waals surface area (Å²) in [6.45, 7) is 13.6. The van der Waals surface area contributed by atoms with Crippen LogP contribution in [0.1, 0.15) is 70.9 Å². The number of nitrogens with zero attached hydrogens (tertiary/aromatic N) is 3. The van der Waals surface area contributed by atoms with Crippen LogP contribution in [0.4, 0.5) is 10.5 Å². The van der Waals surface area contributed by atoms with Gasteiger partial charge in [-0.3, -0.25) is 14.5 Å². The fourth-order valence-corrected chi connectivity index (χ4v) is 6.12. The maximum atomic E-state index is 13.1. The van der Waals surface area contributed by atoms with Crippen molar-refractivity contribution < 1.29 is 19.1 Å². The highest BCUT2D eigenvalue weighted by molar-refractivity contribution is 6.31. The summed E-state index contributed by atoms with van der Waals surface area (Å²) in [5.41, 5.74) is 2.19. The molecule has 0 bridgehead atoms. The van der Waals surface area contributed by atoms with Crippen LogP contribution in [-0.2, 0) is 20.9 Å². The molecule has 1 aromatic rings.